The molecule has 3 aromatic heterocycles. The second-order valence-electron chi connectivity index (χ2n) is 7.23. The quantitative estimate of drug-likeness (QED) is 0.361. The monoisotopic (exact) mass is 452 g/mol. The van der Waals surface area contributed by atoms with Gasteiger partial charge in [0.25, 0.3) is 0 Å². The summed E-state index contributed by atoms with van der Waals surface area (Å²) in [5, 5.41) is 28.0. The molecule has 0 spiro atoms. The van der Waals surface area contributed by atoms with Crippen LogP contribution in [0.3, 0.4) is 0 Å². The molecule has 4 rings (SSSR count). The molecular weight excluding hydrogens is 428 g/mol. The van der Waals surface area contributed by atoms with Crippen LogP contribution in [0.5, 0.6) is 0 Å². The first-order chi connectivity index (χ1) is 16.4. The van der Waals surface area contributed by atoms with E-state index in [9.17, 15) is 5.26 Å². The highest BCUT2D eigenvalue weighted by Gasteiger charge is 2.14. The highest BCUT2D eigenvalue weighted by Crippen LogP contribution is 2.30. The summed E-state index contributed by atoms with van der Waals surface area (Å²) in [5.74, 6) is 1.99. The SMILES string of the molecule is CNc1nc(Nc2ccc(C)cc2)c(C#N)c(C)c1N.N#Cc1cnn(-c2ccccn2)c1N. The van der Waals surface area contributed by atoms with Gasteiger partial charge in [-0.25, -0.2) is 9.97 Å². The number of nitriles is 2. The lowest BCUT2D eigenvalue weighted by molar-refractivity contribution is 0.857. The maximum atomic E-state index is 9.30. The molecule has 0 aliphatic rings. The van der Waals surface area contributed by atoms with Gasteiger partial charge in [0.05, 0.1) is 17.4 Å². The second kappa shape index (κ2) is 10.5. The average Bonchev–Trinajstić information content (AvgIpc) is 3.24. The molecule has 0 radical (unpaired) electrons. The Kier molecular flexibility index (Phi) is 7.27. The third-order valence-corrected chi connectivity index (χ3v) is 4.95. The maximum absolute atomic E-state index is 9.30. The van der Waals surface area contributed by atoms with Crippen LogP contribution in [-0.4, -0.2) is 26.8 Å². The van der Waals surface area contributed by atoms with Crippen molar-refractivity contribution in [1.29, 1.82) is 10.5 Å². The van der Waals surface area contributed by atoms with Crippen LogP contribution in [0, 0.1) is 36.5 Å². The molecular formula is C24H24N10. The summed E-state index contributed by atoms with van der Waals surface area (Å²) in [7, 11) is 1.75. The average molecular weight is 453 g/mol. The van der Waals surface area contributed by atoms with E-state index in [1.807, 2.05) is 50.2 Å². The zero-order valence-electron chi connectivity index (χ0n) is 19.0. The highest BCUT2D eigenvalue weighted by molar-refractivity contribution is 5.76. The molecule has 0 aliphatic heterocycles. The standard InChI is InChI=1S/C15H17N5.C9H7N5/c1-9-4-6-11(7-5-9)19-14-12(8-16)10(2)13(17)15(18-3)20-14;10-5-7-6-13-14(9(7)11)8-3-1-2-4-12-8/h4-7H,17H2,1-3H3,(H2,18,19,20);1-4,6H,11H2. The Bertz CT molecular complexity index is 1360. The number of pyridine rings is 2. The first kappa shape index (κ1) is 23.6. The molecule has 6 N–H and O–H groups in total. The minimum atomic E-state index is 0.311. The third-order valence-electron chi connectivity index (χ3n) is 4.95. The molecule has 10 heteroatoms. The van der Waals surface area contributed by atoms with Crippen molar-refractivity contribution in [3.05, 3.63) is 77.1 Å². The molecule has 0 aliphatic carbocycles. The van der Waals surface area contributed by atoms with Gasteiger partial charge in [0, 0.05) is 18.9 Å². The molecule has 0 amide bonds. The van der Waals surface area contributed by atoms with Crippen LogP contribution in [0.25, 0.3) is 5.82 Å². The Balaban J connectivity index is 0.000000202. The molecule has 170 valence electrons. The van der Waals surface area contributed by atoms with E-state index in [0.717, 1.165) is 11.3 Å². The van der Waals surface area contributed by atoms with Crippen LogP contribution >= 0.6 is 0 Å². The first-order valence-electron chi connectivity index (χ1n) is 10.3. The summed E-state index contributed by atoms with van der Waals surface area (Å²) < 4.78 is 1.43. The number of benzene rings is 1. The summed E-state index contributed by atoms with van der Waals surface area (Å²) in [6.45, 7) is 3.84. The van der Waals surface area contributed by atoms with E-state index in [0.29, 0.717) is 40.1 Å². The van der Waals surface area contributed by atoms with Crippen LogP contribution in [0.1, 0.15) is 22.3 Å². The van der Waals surface area contributed by atoms with Gasteiger partial charge >= 0.3 is 0 Å². The molecule has 0 bridgehead atoms. The van der Waals surface area contributed by atoms with Gasteiger partial charge in [0.2, 0.25) is 0 Å². The Morgan fingerprint density at radius 3 is 2.26 bits per heavy atom. The fraction of sp³-hybridized carbons (Fsp3) is 0.125. The normalized spacial score (nSPS) is 9.79. The van der Waals surface area contributed by atoms with Gasteiger partial charge in [-0.1, -0.05) is 23.8 Å². The van der Waals surface area contributed by atoms with Gasteiger partial charge < -0.3 is 22.1 Å². The fourth-order valence-corrected chi connectivity index (χ4v) is 3.01. The predicted molar refractivity (Wildman–Crippen MR) is 133 cm³/mol. The highest BCUT2D eigenvalue weighted by atomic mass is 15.3. The topological polar surface area (TPSA) is 167 Å². The number of nitrogens with two attached hydrogens (primary N) is 2. The van der Waals surface area contributed by atoms with Crippen LogP contribution in [-0.2, 0) is 0 Å². The first-order valence-corrected chi connectivity index (χ1v) is 10.3. The van der Waals surface area contributed by atoms with Gasteiger partial charge in [-0.2, -0.15) is 20.3 Å². The van der Waals surface area contributed by atoms with Gasteiger partial charge in [-0.15, -0.1) is 0 Å². The van der Waals surface area contributed by atoms with E-state index in [1.54, 1.807) is 25.4 Å². The van der Waals surface area contributed by atoms with Crippen molar-refractivity contribution in [2.45, 2.75) is 13.8 Å². The minimum Gasteiger partial charge on any atom is -0.395 e. The van der Waals surface area contributed by atoms with Crippen molar-refractivity contribution in [1.82, 2.24) is 19.7 Å². The third kappa shape index (κ3) is 5.03. The molecule has 4 aromatic rings. The van der Waals surface area contributed by atoms with Crippen molar-refractivity contribution >= 4 is 28.8 Å². The van der Waals surface area contributed by atoms with Crippen molar-refractivity contribution in [3.63, 3.8) is 0 Å². The Labute approximate surface area is 197 Å². The van der Waals surface area contributed by atoms with E-state index >= 15 is 0 Å². The molecule has 0 saturated carbocycles. The van der Waals surface area contributed by atoms with Crippen LogP contribution in [0.15, 0.2) is 54.9 Å². The largest absolute Gasteiger partial charge is 0.395 e. The van der Waals surface area contributed by atoms with E-state index in [-0.39, 0.29) is 0 Å². The molecule has 10 nitrogen and oxygen atoms in total. The molecule has 0 fully saturated rings. The van der Waals surface area contributed by atoms with E-state index in [4.69, 9.17) is 16.7 Å². The number of nitrogen functional groups attached to an aromatic ring is 2. The Morgan fingerprint density at radius 2 is 1.71 bits per heavy atom. The summed E-state index contributed by atoms with van der Waals surface area (Å²) in [5.41, 5.74) is 15.7. The number of anilines is 5. The molecule has 0 saturated heterocycles. The van der Waals surface area contributed by atoms with Gasteiger partial charge in [-0.3, -0.25) is 0 Å². The summed E-state index contributed by atoms with van der Waals surface area (Å²) in [6.07, 6.45) is 3.06. The van der Waals surface area contributed by atoms with E-state index in [1.165, 1.54) is 16.4 Å². The lowest BCUT2D eigenvalue weighted by atomic mass is 10.1. The zero-order chi connectivity index (χ0) is 24.7. The van der Waals surface area contributed by atoms with Crippen LogP contribution in [0.4, 0.5) is 28.8 Å². The second-order valence-corrected chi connectivity index (χ2v) is 7.23. The summed E-state index contributed by atoms with van der Waals surface area (Å²) >= 11 is 0. The molecule has 0 atom stereocenters. The van der Waals surface area contributed by atoms with Crippen molar-refractivity contribution in [2.75, 3.05) is 29.1 Å². The lowest BCUT2D eigenvalue weighted by Crippen LogP contribution is -2.07. The number of aryl methyl sites for hydroxylation is 1. The summed E-state index contributed by atoms with van der Waals surface area (Å²) in [6, 6.07) is 17.4. The van der Waals surface area contributed by atoms with Gasteiger partial charge in [0.15, 0.2) is 17.5 Å². The van der Waals surface area contributed by atoms with Gasteiger partial charge in [0.1, 0.15) is 23.5 Å². The van der Waals surface area contributed by atoms with E-state index in [2.05, 4.69) is 31.8 Å². The Hall–Kier alpha value is -5.09. The van der Waals surface area contributed by atoms with Crippen molar-refractivity contribution in [2.24, 2.45) is 0 Å². The molecule has 34 heavy (non-hydrogen) atoms. The Morgan fingerprint density at radius 1 is 0.971 bits per heavy atom. The molecule has 0 unspecified atom stereocenters. The number of rotatable bonds is 4. The number of nitrogens with one attached hydrogen (secondary N) is 2. The smallest absolute Gasteiger partial charge is 0.155 e. The van der Waals surface area contributed by atoms with Crippen molar-refractivity contribution in [3.8, 4) is 18.0 Å². The maximum Gasteiger partial charge on any atom is 0.155 e. The molecule has 1 aromatic carbocycles. The zero-order valence-corrected chi connectivity index (χ0v) is 19.0. The van der Waals surface area contributed by atoms with Crippen molar-refractivity contribution < 1.29 is 0 Å². The number of hydrogen-bond donors (Lipinski definition) is 4. The van der Waals surface area contributed by atoms with Gasteiger partial charge in [-0.05, 0) is 43.7 Å². The number of nitrogens with zero attached hydrogens (tertiary/aromatic N) is 6. The fourth-order valence-electron chi connectivity index (χ4n) is 3.01. The van der Waals surface area contributed by atoms with Crippen LogP contribution < -0.4 is 22.1 Å². The number of aromatic nitrogens is 4. The van der Waals surface area contributed by atoms with E-state index < -0.39 is 0 Å². The predicted octanol–water partition coefficient (Wildman–Crippen LogP) is 3.66. The number of hydrogen-bond acceptors (Lipinski definition) is 9. The summed E-state index contributed by atoms with van der Waals surface area (Å²) in [4.78, 5) is 8.44. The van der Waals surface area contributed by atoms with Crippen LogP contribution in [0.2, 0.25) is 0 Å². The lowest BCUT2D eigenvalue weighted by Gasteiger charge is -2.14. The minimum absolute atomic E-state index is 0.311. The molecule has 3 heterocycles.